The van der Waals surface area contributed by atoms with Gasteiger partial charge >= 0.3 is 0 Å². The summed E-state index contributed by atoms with van der Waals surface area (Å²) in [5.41, 5.74) is 1.36. The number of nitrogens with one attached hydrogen (secondary N) is 2. The van der Waals surface area contributed by atoms with E-state index in [-0.39, 0.29) is 5.56 Å². The van der Waals surface area contributed by atoms with Gasteiger partial charge < -0.3 is 10.6 Å². The average Bonchev–Trinajstić information content (AvgIpc) is 2.39. The summed E-state index contributed by atoms with van der Waals surface area (Å²) in [7, 11) is 1.82. The summed E-state index contributed by atoms with van der Waals surface area (Å²) in [6.07, 6.45) is 0. The molecule has 0 radical (unpaired) electrons. The Labute approximate surface area is 115 Å². The van der Waals surface area contributed by atoms with Gasteiger partial charge in [-0.3, -0.25) is 4.79 Å². The molecule has 5 heteroatoms. The van der Waals surface area contributed by atoms with Gasteiger partial charge in [0.25, 0.3) is 5.91 Å². The van der Waals surface area contributed by atoms with Crippen LogP contribution in [0.2, 0.25) is 0 Å². The highest BCUT2D eigenvalue weighted by atomic mass is 19.1. The van der Waals surface area contributed by atoms with Crippen LogP contribution in [0.4, 0.5) is 14.5 Å². The van der Waals surface area contributed by atoms with E-state index >= 15 is 0 Å². The molecule has 0 aromatic heterocycles. The molecule has 0 saturated carbocycles. The van der Waals surface area contributed by atoms with Crippen molar-refractivity contribution in [1.29, 1.82) is 0 Å². The Kier molecular flexibility index (Phi) is 4.42. The number of anilines is 1. The lowest BCUT2D eigenvalue weighted by Gasteiger charge is -2.08. The summed E-state index contributed by atoms with van der Waals surface area (Å²) in [6, 6.07) is 10.1. The number of rotatable bonds is 4. The van der Waals surface area contributed by atoms with E-state index < -0.39 is 17.5 Å². The Balaban J connectivity index is 2.17. The van der Waals surface area contributed by atoms with Crippen LogP contribution in [0.5, 0.6) is 0 Å². The predicted octanol–water partition coefficient (Wildman–Crippen LogP) is 2.94. The van der Waals surface area contributed by atoms with Crippen molar-refractivity contribution in [2.24, 2.45) is 0 Å². The number of carbonyl (C=O) groups is 1. The summed E-state index contributed by atoms with van der Waals surface area (Å²) >= 11 is 0. The maximum Gasteiger partial charge on any atom is 0.258 e. The molecular formula is C15H14F2N2O. The Morgan fingerprint density at radius 1 is 1.15 bits per heavy atom. The molecule has 0 unspecified atom stereocenters. The van der Waals surface area contributed by atoms with Crippen LogP contribution >= 0.6 is 0 Å². The van der Waals surface area contributed by atoms with Crippen molar-refractivity contribution in [3.8, 4) is 0 Å². The number of amides is 1. The number of carbonyl (C=O) groups excluding carboxylic acids is 1. The van der Waals surface area contributed by atoms with Crippen LogP contribution in [0.25, 0.3) is 0 Å². The summed E-state index contributed by atoms with van der Waals surface area (Å²) < 4.78 is 26.3. The minimum atomic E-state index is -0.881. The van der Waals surface area contributed by atoms with Gasteiger partial charge in [0.15, 0.2) is 0 Å². The minimum absolute atomic E-state index is 0.189. The van der Waals surface area contributed by atoms with E-state index in [2.05, 4.69) is 10.6 Å². The molecule has 2 N–H and O–H groups in total. The molecular weight excluding hydrogens is 262 g/mol. The molecule has 0 aliphatic rings. The molecule has 0 atom stereocenters. The molecule has 2 rings (SSSR count). The molecule has 0 saturated heterocycles. The second kappa shape index (κ2) is 6.25. The smallest absolute Gasteiger partial charge is 0.258 e. The fourth-order valence-corrected chi connectivity index (χ4v) is 1.84. The van der Waals surface area contributed by atoms with Gasteiger partial charge in [-0.25, -0.2) is 8.78 Å². The molecule has 0 bridgehead atoms. The number of hydrogen-bond donors (Lipinski definition) is 2. The van der Waals surface area contributed by atoms with E-state index in [4.69, 9.17) is 0 Å². The van der Waals surface area contributed by atoms with Crippen molar-refractivity contribution in [2.75, 3.05) is 12.4 Å². The Morgan fingerprint density at radius 2 is 1.95 bits per heavy atom. The highest BCUT2D eigenvalue weighted by Gasteiger charge is 2.12. The molecule has 1 amide bonds. The molecule has 2 aromatic rings. The summed E-state index contributed by atoms with van der Waals surface area (Å²) in [5, 5.41) is 5.59. The van der Waals surface area contributed by atoms with Crippen LogP contribution in [0.1, 0.15) is 15.9 Å². The van der Waals surface area contributed by atoms with Gasteiger partial charge in [-0.1, -0.05) is 12.1 Å². The van der Waals surface area contributed by atoms with E-state index in [0.29, 0.717) is 18.3 Å². The third kappa shape index (κ3) is 3.39. The van der Waals surface area contributed by atoms with Crippen molar-refractivity contribution in [3.63, 3.8) is 0 Å². The zero-order valence-corrected chi connectivity index (χ0v) is 10.9. The monoisotopic (exact) mass is 276 g/mol. The van der Waals surface area contributed by atoms with Gasteiger partial charge in [0.1, 0.15) is 11.6 Å². The first-order valence-corrected chi connectivity index (χ1v) is 6.10. The van der Waals surface area contributed by atoms with Crippen molar-refractivity contribution in [2.45, 2.75) is 6.54 Å². The lowest BCUT2D eigenvalue weighted by Crippen LogP contribution is -2.14. The molecule has 104 valence electrons. The first kappa shape index (κ1) is 14.1. The quantitative estimate of drug-likeness (QED) is 0.901. The van der Waals surface area contributed by atoms with E-state index in [9.17, 15) is 13.6 Å². The first-order chi connectivity index (χ1) is 9.60. The Hall–Kier alpha value is -2.27. The van der Waals surface area contributed by atoms with Crippen molar-refractivity contribution < 1.29 is 13.6 Å². The molecule has 2 aromatic carbocycles. The predicted molar refractivity (Wildman–Crippen MR) is 73.5 cm³/mol. The second-order valence-electron chi connectivity index (χ2n) is 4.31. The summed E-state index contributed by atoms with van der Waals surface area (Å²) in [6.45, 7) is 0.661. The molecule has 0 spiro atoms. The van der Waals surface area contributed by atoms with E-state index in [1.165, 1.54) is 0 Å². The maximum absolute atomic E-state index is 13.5. The van der Waals surface area contributed by atoms with E-state index in [1.54, 1.807) is 18.2 Å². The number of hydrogen-bond acceptors (Lipinski definition) is 2. The molecule has 3 nitrogen and oxygen atoms in total. The van der Waals surface area contributed by atoms with Crippen molar-refractivity contribution in [1.82, 2.24) is 5.32 Å². The Bertz CT molecular complexity index is 629. The van der Waals surface area contributed by atoms with Crippen LogP contribution in [-0.2, 0) is 6.54 Å². The van der Waals surface area contributed by atoms with E-state index in [0.717, 1.165) is 17.7 Å². The second-order valence-corrected chi connectivity index (χ2v) is 4.31. The van der Waals surface area contributed by atoms with Crippen molar-refractivity contribution >= 4 is 11.6 Å². The summed E-state index contributed by atoms with van der Waals surface area (Å²) in [5.74, 6) is -2.20. The summed E-state index contributed by atoms with van der Waals surface area (Å²) in [4.78, 5) is 11.9. The average molecular weight is 276 g/mol. The first-order valence-electron chi connectivity index (χ1n) is 6.10. The van der Waals surface area contributed by atoms with Crippen LogP contribution in [0.15, 0.2) is 42.5 Å². The topological polar surface area (TPSA) is 41.1 Å². The number of halogens is 2. The highest BCUT2D eigenvalue weighted by molar-refractivity contribution is 6.04. The molecule has 0 aliphatic heterocycles. The lowest BCUT2D eigenvalue weighted by atomic mass is 10.1. The largest absolute Gasteiger partial charge is 0.322 e. The van der Waals surface area contributed by atoms with Crippen LogP contribution in [-0.4, -0.2) is 13.0 Å². The zero-order chi connectivity index (χ0) is 14.5. The highest BCUT2D eigenvalue weighted by Crippen LogP contribution is 2.14. The van der Waals surface area contributed by atoms with Crippen LogP contribution in [0, 0.1) is 11.6 Å². The van der Waals surface area contributed by atoms with Crippen LogP contribution < -0.4 is 10.6 Å². The van der Waals surface area contributed by atoms with Gasteiger partial charge in [0, 0.05) is 18.3 Å². The zero-order valence-electron chi connectivity index (χ0n) is 10.9. The third-order valence-electron chi connectivity index (χ3n) is 2.74. The fourth-order valence-electron chi connectivity index (χ4n) is 1.84. The fraction of sp³-hybridized carbons (Fsp3) is 0.133. The van der Waals surface area contributed by atoms with Gasteiger partial charge in [0.05, 0.1) is 5.56 Å². The Morgan fingerprint density at radius 3 is 2.65 bits per heavy atom. The van der Waals surface area contributed by atoms with Crippen molar-refractivity contribution in [3.05, 3.63) is 65.2 Å². The normalized spacial score (nSPS) is 10.3. The van der Waals surface area contributed by atoms with Gasteiger partial charge in [-0.2, -0.15) is 0 Å². The van der Waals surface area contributed by atoms with Gasteiger partial charge in [-0.15, -0.1) is 0 Å². The third-order valence-corrected chi connectivity index (χ3v) is 2.74. The maximum atomic E-state index is 13.5. The molecule has 0 fully saturated rings. The standard InChI is InChI=1S/C15H14F2N2O/c1-18-9-10-3-2-4-12(7-10)19-15(20)13-6-5-11(16)8-14(13)17/h2-8,18H,9H2,1H3,(H,19,20). The number of benzene rings is 2. The lowest BCUT2D eigenvalue weighted by molar-refractivity contribution is 0.102. The van der Waals surface area contributed by atoms with E-state index in [1.807, 2.05) is 13.1 Å². The SMILES string of the molecule is CNCc1cccc(NC(=O)c2ccc(F)cc2F)c1. The molecule has 0 heterocycles. The minimum Gasteiger partial charge on any atom is -0.322 e. The molecule has 20 heavy (non-hydrogen) atoms. The van der Waals surface area contributed by atoms with Gasteiger partial charge in [0.2, 0.25) is 0 Å². The van der Waals surface area contributed by atoms with Crippen LogP contribution in [0.3, 0.4) is 0 Å². The van der Waals surface area contributed by atoms with Gasteiger partial charge in [-0.05, 0) is 36.9 Å². The molecule has 0 aliphatic carbocycles.